The second-order valence-corrected chi connectivity index (χ2v) is 8.76. The molecule has 4 aromatic heterocycles. The van der Waals surface area contributed by atoms with Gasteiger partial charge in [0.1, 0.15) is 5.82 Å². The molecule has 0 spiro atoms. The molecule has 5 aromatic rings. The molecule has 1 amide bonds. The van der Waals surface area contributed by atoms with Gasteiger partial charge in [-0.2, -0.15) is 5.10 Å². The summed E-state index contributed by atoms with van der Waals surface area (Å²) >= 11 is 12.2. The fourth-order valence-electron chi connectivity index (χ4n) is 3.79. The number of benzene rings is 1. The minimum atomic E-state index is -0.199. The van der Waals surface area contributed by atoms with Gasteiger partial charge in [-0.05, 0) is 48.9 Å². The van der Waals surface area contributed by atoms with Crippen LogP contribution in [0, 0.1) is 6.92 Å². The van der Waals surface area contributed by atoms with E-state index in [2.05, 4.69) is 20.7 Å². The second-order valence-electron chi connectivity index (χ2n) is 7.95. The van der Waals surface area contributed by atoms with Crippen LogP contribution < -0.4 is 10.6 Å². The molecule has 35 heavy (non-hydrogen) atoms. The largest absolute Gasteiger partial charge is 0.364 e. The Bertz CT molecular complexity index is 1560. The number of halogens is 2. The molecule has 0 saturated heterocycles. The summed E-state index contributed by atoms with van der Waals surface area (Å²) in [7, 11) is 1.60. The van der Waals surface area contributed by atoms with E-state index in [9.17, 15) is 4.79 Å². The van der Waals surface area contributed by atoms with E-state index in [-0.39, 0.29) is 5.91 Å². The molecule has 0 radical (unpaired) electrons. The van der Waals surface area contributed by atoms with E-state index < -0.39 is 0 Å². The van der Waals surface area contributed by atoms with Crippen LogP contribution >= 0.6 is 23.2 Å². The molecule has 5 rings (SSSR count). The van der Waals surface area contributed by atoms with Crippen molar-refractivity contribution < 1.29 is 4.79 Å². The lowest BCUT2D eigenvalue weighted by molar-refractivity contribution is 0.0964. The molecule has 0 bridgehead atoms. The SMILES string of the molecule is CNC(=O)c1cnn2ccc(-c3cc(NCc4ccc(Cl)c(Cl)c4)nn3-c3cccc(C)n3)cc12. The van der Waals surface area contributed by atoms with Crippen LogP contribution in [0.4, 0.5) is 5.82 Å². The van der Waals surface area contributed by atoms with Crippen molar-refractivity contribution in [2.75, 3.05) is 12.4 Å². The fourth-order valence-corrected chi connectivity index (χ4v) is 4.11. The summed E-state index contributed by atoms with van der Waals surface area (Å²) < 4.78 is 3.45. The topological polar surface area (TPSA) is 89.1 Å². The van der Waals surface area contributed by atoms with Gasteiger partial charge in [-0.25, -0.2) is 14.2 Å². The van der Waals surface area contributed by atoms with E-state index in [4.69, 9.17) is 28.3 Å². The molecular weight excluding hydrogens is 485 g/mol. The number of anilines is 1. The Kier molecular flexibility index (Phi) is 6.15. The lowest BCUT2D eigenvalue weighted by Gasteiger charge is -2.08. The van der Waals surface area contributed by atoms with Crippen molar-refractivity contribution in [1.82, 2.24) is 29.7 Å². The molecule has 0 atom stereocenters. The molecule has 0 fully saturated rings. The van der Waals surface area contributed by atoms with Gasteiger partial charge in [-0.3, -0.25) is 4.79 Å². The van der Waals surface area contributed by atoms with Crippen molar-refractivity contribution in [3.8, 4) is 17.1 Å². The number of nitrogens with one attached hydrogen (secondary N) is 2. The zero-order valence-electron chi connectivity index (χ0n) is 19.0. The molecule has 0 aliphatic carbocycles. The molecule has 0 unspecified atom stereocenters. The number of hydrogen-bond donors (Lipinski definition) is 2. The third kappa shape index (κ3) is 4.58. The lowest BCUT2D eigenvalue weighted by Crippen LogP contribution is -2.17. The lowest BCUT2D eigenvalue weighted by atomic mass is 10.1. The number of pyridine rings is 2. The Hall–Kier alpha value is -3.88. The van der Waals surface area contributed by atoms with Crippen LogP contribution in [0.5, 0.6) is 0 Å². The van der Waals surface area contributed by atoms with Crippen molar-refractivity contribution in [3.63, 3.8) is 0 Å². The van der Waals surface area contributed by atoms with Crippen LogP contribution in [-0.4, -0.2) is 37.3 Å². The van der Waals surface area contributed by atoms with Gasteiger partial charge in [0.15, 0.2) is 5.82 Å². The molecule has 1 aromatic carbocycles. The number of nitrogens with zero attached hydrogens (tertiary/aromatic N) is 5. The normalized spacial score (nSPS) is 11.1. The first-order chi connectivity index (χ1) is 16.9. The highest BCUT2D eigenvalue weighted by atomic mass is 35.5. The molecule has 0 saturated carbocycles. The fraction of sp³-hybridized carbons (Fsp3) is 0.120. The van der Waals surface area contributed by atoms with E-state index in [1.165, 1.54) is 0 Å². The number of carbonyl (C=O) groups excluding carboxylic acids is 1. The number of fused-ring (bicyclic) bond motifs is 1. The maximum absolute atomic E-state index is 12.3. The van der Waals surface area contributed by atoms with E-state index in [0.29, 0.717) is 39.3 Å². The maximum atomic E-state index is 12.3. The molecule has 176 valence electrons. The summed E-state index contributed by atoms with van der Waals surface area (Å²) in [6.07, 6.45) is 3.38. The minimum Gasteiger partial charge on any atom is -0.364 e. The summed E-state index contributed by atoms with van der Waals surface area (Å²) in [4.78, 5) is 17.0. The quantitative estimate of drug-likeness (QED) is 0.332. The van der Waals surface area contributed by atoms with Crippen molar-refractivity contribution in [2.45, 2.75) is 13.5 Å². The van der Waals surface area contributed by atoms with Gasteiger partial charge in [0.05, 0.1) is 33.0 Å². The summed E-state index contributed by atoms with van der Waals surface area (Å²) in [5.74, 6) is 1.15. The van der Waals surface area contributed by atoms with Crippen molar-refractivity contribution in [1.29, 1.82) is 0 Å². The van der Waals surface area contributed by atoms with Crippen LogP contribution in [-0.2, 0) is 6.54 Å². The third-order valence-corrected chi connectivity index (χ3v) is 6.29. The first-order valence-corrected chi connectivity index (χ1v) is 11.6. The number of amides is 1. The van der Waals surface area contributed by atoms with Crippen LogP contribution in [0.2, 0.25) is 10.0 Å². The Labute approximate surface area is 211 Å². The van der Waals surface area contributed by atoms with E-state index in [1.54, 1.807) is 28.5 Å². The average molecular weight is 506 g/mol. The standard InChI is InChI=1S/C25H21Cl2N7O/c1-15-4-3-5-24(31-15)34-21(12-23(32-34)29-13-16-6-7-19(26)20(27)10-16)17-8-9-33-22(11-17)18(14-30-33)25(35)28-2/h3-12,14H,13H2,1-2H3,(H,28,35)(H,29,32). The average Bonchev–Trinajstić information content (AvgIpc) is 3.48. The minimum absolute atomic E-state index is 0.199. The smallest absolute Gasteiger partial charge is 0.254 e. The van der Waals surface area contributed by atoms with Gasteiger partial charge in [0, 0.05) is 37.1 Å². The van der Waals surface area contributed by atoms with E-state index >= 15 is 0 Å². The zero-order chi connectivity index (χ0) is 24.5. The molecule has 0 aliphatic rings. The molecule has 4 heterocycles. The van der Waals surface area contributed by atoms with Crippen LogP contribution in [0.15, 0.2) is 67.0 Å². The van der Waals surface area contributed by atoms with Gasteiger partial charge < -0.3 is 10.6 Å². The summed E-state index contributed by atoms with van der Waals surface area (Å²) in [5, 5.41) is 16.1. The van der Waals surface area contributed by atoms with Gasteiger partial charge >= 0.3 is 0 Å². The molecular formula is C25H21Cl2N7O. The number of carbonyl (C=O) groups is 1. The first kappa shape index (κ1) is 22.9. The predicted octanol–water partition coefficient (Wildman–Crippen LogP) is 5.17. The third-order valence-electron chi connectivity index (χ3n) is 5.55. The Morgan fingerprint density at radius 1 is 1.06 bits per heavy atom. The number of aromatic nitrogens is 5. The monoisotopic (exact) mass is 505 g/mol. The summed E-state index contributed by atoms with van der Waals surface area (Å²) in [6.45, 7) is 2.45. The highest BCUT2D eigenvalue weighted by molar-refractivity contribution is 6.42. The maximum Gasteiger partial charge on any atom is 0.254 e. The number of aryl methyl sites for hydroxylation is 1. The predicted molar refractivity (Wildman–Crippen MR) is 137 cm³/mol. The highest BCUT2D eigenvalue weighted by Crippen LogP contribution is 2.28. The second kappa shape index (κ2) is 9.40. The van der Waals surface area contributed by atoms with Gasteiger partial charge in [-0.15, -0.1) is 5.10 Å². The number of rotatable bonds is 6. The summed E-state index contributed by atoms with van der Waals surface area (Å²) in [6, 6.07) is 17.1. The molecule has 0 aliphatic heterocycles. The van der Waals surface area contributed by atoms with Crippen LogP contribution in [0.1, 0.15) is 21.6 Å². The van der Waals surface area contributed by atoms with E-state index in [1.807, 2.05) is 61.7 Å². The molecule has 8 nitrogen and oxygen atoms in total. The van der Waals surface area contributed by atoms with Crippen molar-refractivity contribution in [3.05, 3.63) is 93.9 Å². The molecule has 2 N–H and O–H groups in total. The Morgan fingerprint density at radius 3 is 2.69 bits per heavy atom. The van der Waals surface area contributed by atoms with Gasteiger partial charge in [0.2, 0.25) is 0 Å². The van der Waals surface area contributed by atoms with Crippen molar-refractivity contribution in [2.24, 2.45) is 0 Å². The number of hydrogen-bond acceptors (Lipinski definition) is 5. The first-order valence-electron chi connectivity index (χ1n) is 10.8. The van der Waals surface area contributed by atoms with Gasteiger partial charge in [0.25, 0.3) is 5.91 Å². The van der Waals surface area contributed by atoms with Crippen LogP contribution in [0.25, 0.3) is 22.6 Å². The Balaban J connectivity index is 1.57. The summed E-state index contributed by atoms with van der Waals surface area (Å²) in [5.41, 5.74) is 4.71. The van der Waals surface area contributed by atoms with Crippen molar-refractivity contribution >= 4 is 40.4 Å². The molecule has 10 heteroatoms. The van der Waals surface area contributed by atoms with Gasteiger partial charge in [-0.1, -0.05) is 35.3 Å². The highest BCUT2D eigenvalue weighted by Gasteiger charge is 2.17. The van der Waals surface area contributed by atoms with Crippen LogP contribution in [0.3, 0.4) is 0 Å². The zero-order valence-corrected chi connectivity index (χ0v) is 20.5. The Morgan fingerprint density at radius 2 is 1.91 bits per heavy atom. The van der Waals surface area contributed by atoms with E-state index in [0.717, 1.165) is 22.5 Å².